The maximum atomic E-state index is 13.6. The average Bonchev–Trinajstić information content (AvgIpc) is 3.09. The number of nitrogens with zero attached hydrogens (tertiary/aromatic N) is 2. The Hall–Kier alpha value is -2.74. The van der Waals surface area contributed by atoms with Gasteiger partial charge in [0, 0.05) is 19.6 Å². The van der Waals surface area contributed by atoms with E-state index in [-0.39, 0.29) is 22.9 Å². The number of rotatable bonds is 8. The highest BCUT2D eigenvalue weighted by molar-refractivity contribution is 7.89. The minimum absolute atomic E-state index is 0.0585. The molecule has 0 amide bonds. The van der Waals surface area contributed by atoms with Gasteiger partial charge in [-0.05, 0) is 35.7 Å². The summed E-state index contributed by atoms with van der Waals surface area (Å²) in [5, 5.41) is 0. The Kier molecular flexibility index (Phi) is 6.36. The van der Waals surface area contributed by atoms with Crippen molar-refractivity contribution in [1.82, 2.24) is 8.87 Å². The topological polar surface area (TPSA) is 59.4 Å². The predicted molar refractivity (Wildman–Crippen MR) is 126 cm³/mol. The fourth-order valence-electron chi connectivity index (χ4n) is 3.59. The molecule has 0 spiro atoms. The third kappa shape index (κ3) is 4.63. The number of fused-ring (bicyclic) bond motifs is 1. The van der Waals surface area contributed by atoms with Crippen LogP contribution in [0.5, 0.6) is 0 Å². The van der Waals surface area contributed by atoms with E-state index >= 15 is 0 Å². The molecule has 0 aliphatic rings. The Labute approximate surface area is 186 Å². The van der Waals surface area contributed by atoms with Gasteiger partial charge in [0.25, 0.3) is 0 Å². The zero-order chi connectivity index (χ0) is 21.8. The van der Waals surface area contributed by atoms with E-state index in [1.165, 1.54) is 4.31 Å². The van der Waals surface area contributed by atoms with Gasteiger partial charge in [-0.25, -0.2) is 8.42 Å². The molecule has 0 N–H and O–H groups in total. The highest BCUT2D eigenvalue weighted by Gasteiger charge is 2.26. The van der Waals surface area contributed by atoms with Gasteiger partial charge >= 0.3 is 4.87 Å². The molecule has 0 radical (unpaired) electrons. The molecule has 0 fully saturated rings. The molecule has 0 unspecified atom stereocenters. The minimum Gasteiger partial charge on any atom is -0.299 e. The third-order valence-electron chi connectivity index (χ3n) is 5.13. The summed E-state index contributed by atoms with van der Waals surface area (Å²) in [5.74, 6) is 0. The lowest BCUT2D eigenvalue weighted by Crippen LogP contribution is -2.30. The molecule has 0 aliphatic heterocycles. The predicted octanol–water partition coefficient (Wildman–Crippen LogP) is 4.86. The summed E-state index contributed by atoms with van der Waals surface area (Å²) in [7, 11) is -3.78. The Morgan fingerprint density at radius 3 is 2.00 bits per heavy atom. The normalized spacial score (nSPS) is 11.9. The van der Waals surface area contributed by atoms with Crippen LogP contribution in [-0.4, -0.2) is 17.3 Å². The van der Waals surface area contributed by atoms with E-state index < -0.39 is 10.0 Å². The highest BCUT2D eigenvalue weighted by atomic mass is 32.2. The molecule has 1 heterocycles. The third-order valence-corrected chi connectivity index (χ3v) is 7.86. The molecule has 0 saturated heterocycles. The van der Waals surface area contributed by atoms with Gasteiger partial charge in [0.1, 0.15) is 0 Å². The molecule has 7 heteroatoms. The molecule has 0 bridgehead atoms. The maximum absolute atomic E-state index is 13.6. The second-order valence-electron chi connectivity index (χ2n) is 7.39. The number of benzene rings is 3. The molecule has 160 valence electrons. The average molecular weight is 453 g/mol. The van der Waals surface area contributed by atoms with Crippen LogP contribution in [0.4, 0.5) is 0 Å². The molecule has 0 saturated carbocycles. The first-order chi connectivity index (χ1) is 15.0. The van der Waals surface area contributed by atoms with Crippen LogP contribution in [0.25, 0.3) is 10.2 Å². The van der Waals surface area contributed by atoms with Crippen LogP contribution < -0.4 is 4.87 Å². The van der Waals surface area contributed by atoms with Gasteiger partial charge in [0.15, 0.2) is 0 Å². The SMILES string of the molecule is CCCn1c(=O)sc2cc(S(=O)(=O)N(Cc3ccccc3)Cc3ccccc3)ccc21. The van der Waals surface area contributed by atoms with Crippen molar-refractivity contribution in [2.75, 3.05) is 0 Å². The van der Waals surface area contributed by atoms with E-state index in [9.17, 15) is 13.2 Å². The number of hydrogen-bond donors (Lipinski definition) is 0. The van der Waals surface area contributed by atoms with Crippen LogP contribution >= 0.6 is 11.3 Å². The van der Waals surface area contributed by atoms with Gasteiger partial charge in [-0.3, -0.25) is 9.36 Å². The smallest absolute Gasteiger partial charge is 0.299 e. The molecule has 31 heavy (non-hydrogen) atoms. The van der Waals surface area contributed by atoms with Gasteiger partial charge in [0.05, 0.1) is 15.1 Å². The van der Waals surface area contributed by atoms with Crippen molar-refractivity contribution in [3.63, 3.8) is 0 Å². The van der Waals surface area contributed by atoms with Crippen molar-refractivity contribution >= 4 is 31.6 Å². The lowest BCUT2D eigenvalue weighted by molar-refractivity contribution is 0.401. The van der Waals surface area contributed by atoms with Crippen molar-refractivity contribution in [2.45, 2.75) is 37.9 Å². The summed E-state index contributed by atoms with van der Waals surface area (Å²) in [5.41, 5.74) is 2.62. The summed E-state index contributed by atoms with van der Waals surface area (Å²) in [6, 6.07) is 24.1. The van der Waals surface area contributed by atoms with Gasteiger partial charge in [-0.15, -0.1) is 0 Å². The van der Waals surface area contributed by atoms with Crippen LogP contribution in [0.1, 0.15) is 24.5 Å². The minimum atomic E-state index is -3.78. The van der Waals surface area contributed by atoms with Crippen molar-refractivity contribution in [1.29, 1.82) is 0 Å². The first kappa shape index (κ1) is 21.5. The monoisotopic (exact) mass is 452 g/mol. The zero-order valence-electron chi connectivity index (χ0n) is 17.3. The summed E-state index contributed by atoms with van der Waals surface area (Å²) in [6.07, 6.45) is 0.841. The molecule has 0 atom stereocenters. The molecule has 1 aromatic heterocycles. The van der Waals surface area contributed by atoms with Crippen LogP contribution in [0.3, 0.4) is 0 Å². The first-order valence-electron chi connectivity index (χ1n) is 10.2. The largest absolute Gasteiger partial charge is 0.308 e. The Bertz CT molecular complexity index is 1290. The lowest BCUT2D eigenvalue weighted by atomic mass is 10.2. The molecule has 4 rings (SSSR count). The molecular weight excluding hydrogens is 428 g/mol. The van der Waals surface area contributed by atoms with Crippen LogP contribution in [0.15, 0.2) is 88.6 Å². The fraction of sp³-hybridized carbons (Fsp3) is 0.208. The lowest BCUT2D eigenvalue weighted by Gasteiger charge is -2.23. The van der Waals surface area contributed by atoms with E-state index in [4.69, 9.17) is 0 Å². The first-order valence-corrected chi connectivity index (χ1v) is 12.5. The molecule has 0 aliphatic carbocycles. The van der Waals surface area contributed by atoms with Gasteiger partial charge in [0.2, 0.25) is 10.0 Å². The highest BCUT2D eigenvalue weighted by Crippen LogP contribution is 2.26. The molecular formula is C24H24N2O3S2. The molecule has 3 aromatic carbocycles. The molecule has 4 aromatic rings. The Balaban J connectivity index is 1.74. The fourth-order valence-corrected chi connectivity index (χ4v) is 6.07. The second kappa shape index (κ2) is 9.18. The Morgan fingerprint density at radius 1 is 0.871 bits per heavy atom. The number of aromatic nitrogens is 1. The number of thiazole rings is 1. The summed E-state index contributed by atoms with van der Waals surface area (Å²) in [4.78, 5) is 12.5. The Morgan fingerprint density at radius 2 is 1.45 bits per heavy atom. The summed E-state index contributed by atoms with van der Waals surface area (Å²) < 4.78 is 31.2. The van der Waals surface area contributed by atoms with Gasteiger partial charge in [-0.2, -0.15) is 4.31 Å². The van der Waals surface area contributed by atoms with Crippen molar-refractivity contribution in [3.05, 3.63) is 99.7 Å². The van der Waals surface area contributed by atoms with Crippen molar-refractivity contribution < 1.29 is 8.42 Å². The number of hydrogen-bond acceptors (Lipinski definition) is 4. The molecule has 5 nitrogen and oxygen atoms in total. The van der Waals surface area contributed by atoms with Gasteiger partial charge in [-0.1, -0.05) is 78.9 Å². The van der Waals surface area contributed by atoms with Crippen LogP contribution in [0, 0.1) is 0 Å². The van der Waals surface area contributed by atoms with E-state index in [1.54, 1.807) is 22.8 Å². The number of aryl methyl sites for hydroxylation is 1. The zero-order valence-corrected chi connectivity index (χ0v) is 18.9. The van der Waals surface area contributed by atoms with Crippen LogP contribution in [-0.2, 0) is 29.7 Å². The standard InChI is InChI=1S/C24H24N2O3S2/c1-2-15-26-22-14-13-21(16-23(22)30-24(26)27)31(28,29)25(17-19-9-5-3-6-10-19)18-20-11-7-4-8-12-20/h3-14,16H,2,15,17-18H2,1H3. The quantitative estimate of drug-likeness (QED) is 0.383. The van der Waals surface area contributed by atoms with E-state index in [0.717, 1.165) is 34.4 Å². The van der Waals surface area contributed by atoms with Crippen molar-refractivity contribution in [2.24, 2.45) is 0 Å². The van der Waals surface area contributed by atoms with Crippen LogP contribution in [0.2, 0.25) is 0 Å². The maximum Gasteiger partial charge on any atom is 0.308 e. The van der Waals surface area contributed by atoms with E-state index in [0.29, 0.717) is 11.2 Å². The second-order valence-corrected chi connectivity index (χ2v) is 10.3. The van der Waals surface area contributed by atoms with Gasteiger partial charge < -0.3 is 0 Å². The van der Waals surface area contributed by atoms with E-state index in [2.05, 4.69) is 0 Å². The summed E-state index contributed by atoms with van der Waals surface area (Å²) >= 11 is 1.09. The van der Waals surface area contributed by atoms with Crippen molar-refractivity contribution in [3.8, 4) is 0 Å². The summed E-state index contributed by atoms with van der Waals surface area (Å²) in [6.45, 7) is 3.17. The number of sulfonamides is 1. The van der Waals surface area contributed by atoms with E-state index in [1.807, 2.05) is 67.6 Å².